The zero-order chi connectivity index (χ0) is 17.5. The van der Waals surface area contributed by atoms with E-state index in [1.54, 1.807) is 24.3 Å². The summed E-state index contributed by atoms with van der Waals surface area (Å²) in [5.74, 6) is -0.0702. The number of carbonyl (C=O) groups is 1. The number of halogens is 1. The average molecular weight is 361 g/mol. The molecular formula is C18H19ClN3OS+. The molecule has 2 N–H and O–H groups in total. The second-order valence-electron chi connectivity index (χ2n) is 5.43. The Morgan fingerprint density at radius 2 is 2.12 bits per heavy atom. The van der Waals surface area contributed by atoms with E-state index < -0.39 is 0 Å². The number of nitrogens with zero attached hydrogens (tertiary/aromatic N) is 1. The molecule has 0 saturated heterocycles. The number of nitriles is 1. The molecule has 0 aliphatic carbocycles. The molecule has 0 aliphatic rings. The van der Waals surface area contributed by atoms with Crippen molar-refractivity contribution < 1.29 is 9.69 Å². The highest BCUT2D eigenvalue weighted by atomic mass is 35.5. The Morgan fingerprint density at radius 3 is 2.67 bits per heavy atom. The average Bonchev–Trinajstić information content (AvgIpc) is 2.99. The number of carbonyl (C=O) groups excluding carboxylic acids is 1. The number of hydrogen-bond acceptors (Lipinski definition) is 3. The molecule has 24 heavy (non-hydrogen) atoms. The fourth-order valence-electron chi connectivity index (χ4n) is 2.32. The van der Waals surface area contributed by atoms with Crippen molar-refractivity contribution >= 4 is 34.5 Å². The topological polar surface area (TPSA) is 57.3 Å². The van der Waals surface area contributed by atoms with Crippen molar-refractivity contribution in [3.63, 3.8) is 0 Å². The molecule has 0 bridgehead atoms. The van der Waals surface area contributed by atoms with E-state index in [0.29, 0.717) is 24.3 Å². The Labute approximate surface area is 151 Å². The van der Waals surface area contributed by atoms with Gasteiger partial charge in [-0.25, -0.2) is 0 Å². The number of benzene rings is 1. The number of hydrogen-bond donors (Lipinski definition) is 2. The van der Waals surface area contributed by atoms with E-state index in [1.807, 2.05) is 25.1 Å². The lowest BCUT2D eigenvalue weighted by atomic mass is 10.2. The van der Waals surface area contributed by atoms with Crippen LogP contribution in [0.5, 0.6) is 0 Å². The lowest BCUT2D eigenvalue weighted by Gasteiger charge is -2.23. The highest BCUT2D eigenvalue weighted by molar-refractivity contribution is 7.16. The van der Waals surface area contributed by atoms with Crippen molar-refractivity contribution in [2.45, 2.75) is 19.5 Å². The summed E-state index contributed by atoms with van der Waals surface area (Å²) < 4.78 is 0.748. The van der Waals surface area contributed by atoms with E-state index in [9.17, 15) is 4.79 Å². The number of amides is 1. The van der Waals surface area contributed by atoms with Crippen molar-refractivity contribution in [3.05, 3.63) is 63.8 Å². The van der Waals surface area contributed by atoms with Gasteiger partial charge in [-0.05, 0) is 49.4 Å². The van der Waals surface area contributed by atoms with Gasteiger partial charge in [-0.3, -0.25) is 4.79 Å². The molecular weight excluding hydrogens is 342 g/mol. The maximum atomic E-state index is 12.5. The highest BCUT2D eigenvalue weighted by Gasteiger charge is 2.25. The SMILES string of the molecule is C=CC[NH+](Cc1ccc(Cl)s1)[C@@H](C)C(=O)Nc1ccc(C#N)cc1. The van der Waals surface area contributed by atoms with Gasteiger partial charge >= 0.3 is 0 Å². The Hall–Kier alpha value is -2.13. The maximum absolute atomic E-state index is 12.5. The summed E-state index contributed by atoms with van der Waals surface area (Å²) in [6, 6.07) is 12.5. The predicted molar refractivity (Wildman–Crippen MR) is 98.3 cm³/mol. The van der Waals surface area contributed by atoms with Gasteiger partial charge < -0.3 is 10.2 Å². The van der Waals surface area contributed by atoms with Crippen molar-refractivity contribution in [3.8, 4) is 6.07 Å². The Balaban J connectivity index is 2.04. The van der Waals surface area contributed by atoms with Crippen LogP contribution in [-0.4, -0.2) is 18.5 Å². The zero-order valence-electron chi connectivity index (χ0n) is 13.4. The predicted octanol–water partition coefficient (Wildman–Crippen LogP) is 2.87. The maximum Gasteiger partial charge on any atom is 0.282 e. The smallest absolute Gasteiger partial charge is 0.282 e. The van der Waals surface area contributed by atoms with Gasteiger partial charge in [0.1, 0.15) is 6.54 Å². The van der Waals surface area contributed by atoms with Crippen LogP contribution in [0.25, 0.3) is 0 Å². The van der Waals surface area contributed by atoms with Gasteiger partial charge in [0.25, 0.3) is 5.91 Å². The van der Waals surface area contributed by atoms with Crippen LogP contribution in [0.2, 0.25) is 4.34 Å². The summed E-state index contributed by atoms with van der Waals surface area (Å²) in [7, 11) is 0. The fraction of sp³-hybridized carbons (Fsp3) is 0.222. The standard InChI is InChI=1S/C18H18ClN3OS/c1-3-10-22(12-16-8-9-17(19)24-16)13(2)18(23)21-15-6-4-14(11-20)5-7-15/h3-9,13H,1,10,12H2,2H3,(H,21,23)/p+1/t13-/m0/s1. The molecule has 1 aromatic heterocycles. The van der Waals surface area contributed by atoms with Crippen LogP contribution in [0, 0.1) is 11.3 Å². The summed E-state index contributed by atoms with van der Waals surface area (Å²) in [6.45, 7) is 7.07. The van der Waals surface area contributed by atoms with Gasteiger partial charge in [0.15, 0.2) is 6.04 Å². The van der Waals surface area contributed by atoms with Crippen LogP contribution in [0.3, 0.4) is 0 Å². The number of anilines is 1. The lowest BCUT2D eigenvalue weighted by Crippen LogP contribution is -3.15. The molecule has 0 fully saturated rings. The molecule has 0 aliphatic heterocycles. The first-order chi connectivity index (χ1) is 11.5. The van der Waals surface area contributed by atoms with E-state index in [-0.39, 0.29) is 11.9 Å². The van der Waals surface area contributed by atoms with Crippen LogP contribution >= 0.6 is 22.9 Å². The lowest BCUT2D eigenvalue weighted by molar-refractivity contribution is -0.921. The van der Waals surface area contributed by atoms with Crippen LogP contribution in [-0.2, 0) is 11.3 Å². The largest absolute Gasteiger partial charge is 0.321 e. The third-order valence-electron chi connectivity index (χ3n) is 3.72. The van der Waals surface area contributed by atoms with Crippen LogP contribution in [0.15, 0.2) is 49.1 Å². The Kier molecular flexibility index (Phi) is 6.56. The molecule has 2 rings (SSSR count). The minimum absolute atomic E-state index is 0.0702. The Morgan fingerprint density at radius 1 is 1.42 bits per heavy atom. The highest BCUT2D eigenvalue weighted by Crippen LogP contribution is 2.20. The zero-order valence-corrected chi connectivity index (χ0v) is 15.0. The molecule has 0 radical (unpaired) electrons. The molecule has 1 amide bonds. The van der Waals surface area contributed by atoms with E-state index in [1.165, 1.54) is 11.3 Å². The monoisotopic (exact) mass is 360 g/mol. The first-order valence-corrected chi connectivity index (χ1v) is 8.73. The summed E-state index contributed by atoms with van der Waals surface area (Å²) in [4.78, 5) is 14.8. The first kappa shape index (κ1) is 18.2. The van der Waals surface area contributed by atoms with Gasteiger partial charge in [-0.2, -0.15) is 5.26 Å². The summed E-state index contributed by atoms with van der Waals surface area (Å²) in [5.41, 5.74) is 1.25. The number of quaternary nitrogens is 1. The molecule has 2 aromatic rings. The second kappa shape index (κ2) is 8.65. The van der Waals surface area contributed by atoms with Gasteiger partial charge in [-0.15, -0.1) is 11.3 Å². The molecule has 0 spiro atoms. The molecule has 0 saturated carbocycles. The van der Waals surface area contributed by atoms with E-state index in [2.05, 4.69) is 18.0 Å². The number of nitrogens with one attached hydrogen (secondary N) is 2. The molecule has 4 nitrogen and oxygen atoms in total. The molecule has 1 heterocycles. The van der Waals surface area contributed by atoms with Crippen molar-refractivity contribution in [1.82, 2.24) is 0 Å². The minimum atomic E-state index is -0.250. The van der Waals surface area contributed by atoms with Gasteiger partial charge in [-0.1, -0.05) is 18.2 Å². The van der Waals surface area contributed by atoms with Gasteiger partial charge in [0, 0.05) is 5.69 Å². The minimum Gasteiger partial charge on any atom is -0.321 e. The third-order valence-corrected chi connectivity index (χ3v) is 4.96. The quantitative estimate of drug-likeness (QED) is 0.746. The van der Waals surface area contributed by atoms with Gasteiger partial charge in [0.2, 0.25) is 0 Å². The molecule has 2 atom stereocenters. The first-order valence-electron chi connectivity index (χ1n) is 7.54. The van der Waals surface area contributed by atoms with Crippen LogP contribution in [0.1, 0.15) is 17.4 Å². The van der Waals surface area contributed by atoms with E-state index >= 15 is 0 Å². The summed E-state index contributed by atoms with van der Waals surface area (Å²) in [6.07, 6.45) is 1.82. The van der Waals surface area contributed by atoms with Crippen molar-refractivity contribution in [2.24, 2.45) is 0 Å². The Bertz CT molecular complexity index is 748. The molecule has 124 valence electrons. The van der Waals surface area contributed by atoms with E-state index in [4.69, 9.17) is 16.9 Å². The molecule has 1 aromatic carbocycles. The van der Waals surface area contributed by atoms with Crippen LogP contribution < -0.4 is 10.2 Å². The normalized spacial score (nSPS) is 12.9. The van der Waals surface area contributed by atoms with E-state index in [0.717, 1.165) is 14.1 Å². The third kappa shape index (κ3) is 4.93. The molecule has 6 heteroatoms. The van der Waals surface area contributed by atoms with Crippen molar-refractivity contribution in [1.29, 1.82) is 5.26 Å². The summed E-state index contributed by atoms with van der Waals surface area (Å²) in [5, 5.41) is 11.7. The molecule has 1 unspecified atom stereocenters. The summed E-state index contributed by atoms with van der Waals surface area (Å²) >= 11 is 7.51. The van der Waals surface area contributed by atoms with Gasteiger partial charge in [0.05, 0.1) is 27.4 Å². The second-order valence-corrected chi connectivity index (χ2v) is 7.23. The van der Waals surface area contributed by atoms with Crippen molar-refractivity contribution in [2.75, 3.05) is 11.9 Å². The number of thiophene rings is 1. The fourth-order valence-corrected chi connectivity index (χ4v) is 3.46. The number of rotatable bonds is 7. The van der Waals surface area contributed by atoms with Crippen LogP contribution in [0.4, 0.5) is 5.69 Å².